The average molecular weight is 354 g/mol. The Morgan fingerprint density at radius 1 is 1.42 bits per heavy atom. The molecule has 1 aliphatic rings. The van der Waals surface area contributed by atoms with Gasteiger partial charge in [0, 0.05) is 43.5 Å². The van der Waals surface area contributed by atoms with Gasteiger partial charge >= 0.3 is 0 Å². The van der Waals surface area contributed by atoms with E-state index in [4.69, 9.17) is 9.26 Å². The fourth-order valence-corrected chi connectivity index (χ4v) is 3.25. The summed E-state index contributed by atoms with van der Waals surface area (Å²) in [7, 11) is 0. The molecule has 2 aromatic rings. The highest BCUT2D eigenvalue weighted by Gasteiger charge is 2.40. The van der Waals surface area contributed by atoms with Gasteiger partial charge in [0.1, 0.15) is 5.82 Å². The summed E-state index contributed by atoms with van der Waals surface area (Å²) in [4.78, 5) is 4.34. The zero-order chi connectivity index (χ0) is 17.2. The van der Waals surface area contributed by atoms with E-state index in [9.17, 15) is 13.2 Å². The summed E-state index contributed by atoms with van der Waals surface area (Å²) in [6.45, 7) is 2.66. The van der Waals surface area contributed by atoms with E-state index in [0.29, 0.717) is 37.8 Å². The highest BCUT2D eigenvalue weighted by atomic mass is 32.2. The number of hydrogen-bond acceptors (Lipinski definition) is 6. The number of nitrogens with one attached hydrogen (secondary N) is 1. The summed E-state index contributed by atoms with van der Waals surface area (Å²) in [6, 6.07) is 4.78. The average Bonchev–Trinajstić information content (AvgIpc) is 3.01. The summed E-state index contributed by atoms with van der Waals surface area (Å²) in [5.74, 6) is 0.501. The zero-order valence-electron chi connectivity index (χ0n) is 13.1. The number of aryl methyl sites for hydroxylation is 1. The number of halogens is 1. The lowest BCUT2D eigenvalue weighted by atomic mass is 9.73. The largest absolute Gasteiger partial charge is 0.760 e. The molecular formula is C15H17FN3O4S-. The number of rotatable bonds is 5. The number of benzene rings is 1. The third kappa shape index (κ3) is 3.39. The third-order valence-corrected chi connectivity index (χ3v) is 4.67. The van der Waals surface area contributed by atoms with Crippen LogP contribution in [-0.2, 0) is 28.0 Å². The number of aromatic nitrogens is 2. The van der Waals surface area contributed by atoms with Crippen LogP contribution >= 0.6 is 0 Å². The molecule has 0 amide bonds. The zero-order valence-corrected chi connectivity index (χ0v) is 13.9. The molecule has 7 nitrogen and oxygen atoms in total. The van der Waals surface area contributed by atoms with Crippen molar-refractivity contribution >= 4 is 11.3 Å². The molecular weight excluding hydrogens is 337 g/mol. The van der Waals surface area contributed by atoms with Gasteiger partial charge in [0.2, 0.25) is 5.89 Å². The van der Waals surface area contributed by atoms with Crippen LogP contribution in [0.3, 0.4) is 0 Å². The number of hydrogen-bond donors (Lipinski definition) is 1. The first-order valence-corrected chi connectivity index (χ1v) is 8.59. The molecule has 1 fully saturated rings. The van der Waals surface area contributed by atoms with Gasteiger partial charge in [-0.1, -0.05) is 17.3 Å². The van der Waals surface area contributed by atoms with Gasteiger partial charge in [-0.05, 0) is 24.5 Å². The van der Waals surface area contributed by atoms with Crippen molar-refractivity contribution in [2.24, 2.45) is 0 Å². The summed E-state index contributed by atoms with van der Waals surface area (Å²) in [6.07, 6.45) is 1.24. The topological polar surface area (TPSA) is 100 Å². The molecule has 2 heterocycles. The van der Waals surface area contributed by atoms with Gasteiger partial charge in [0.25, 0.3) is 0 Å². The van der Waals surface area contributed by atoms with Crippen molar-refractivity contribution in [3.8, 4) is 0 Å². The standard InChI is InChI=1S/C15H18FN3O4S/c1-10-18-14(19-23-10)15(4-6-22-7-5-15)12-3-2-11(13(16)8-12)9-17-24(20)21/h2-3,8,17H,4-7,9H2,1H3,(H,20,21)/p-1. The van der Waals surface area contributed by atoms with Crippen LogP contribution in [0.25, 0.3) is 0 Å². The highest BCUT2D eigenvalue weighted by molar-refractivity contribution is 7.77. The van der Waals surface area contributed by atoms with Crippen LogP contribution in [0.4, 0.5) is 4.39 Å². The van der Waals surface area contributed by atoms with E-state index in [2.05, 4.69) is 14.9 Å². The van der Waals surface area contributed by atoms with Crippen LogP contribution in [0.1, 0.15) is 35.7 Å². The Labute approximate surface area is 141 Å². The van der Waals surface area contributed by atoms with Gasteiger partial charge < -0.3 is 13.8 Å². The maximum absolute atomic E-state index is 14.4. The second-order valence-electron chi connectivity index (χ2n) is 5.69. The van der Waals surface area contributed by atoms with Crippen molar-refractivity contribution in [3.63, 3.8) is 0 Å². The maximum atomic E-state index is 14.4. The maximum Gasteiger partial charge on any atom is 0.223 e. The van der Waals surface area contributed by atoms with Crippen molar-refractivity contribution in [1.29, 1.82) is 0 Å². The van der Waals surface area contributed by atoms with Gasteiger partial charge in [0.15, 0.2) is 5.82 Å². The Balaban J connectivity index is 1.96. The Bertz CT molecular complexity index is 746. The lowest BCUT2D eigenvalue weighted by Crippen LogP contribution is -2.36. The Morgan fingerprint density at radius 3 is 2.75 bits per heavy atom. The van der Waals surface area contributed by atoms with Gasteiger partial charge in [-0.3, -0.25) is 4.21 Å². The molecule has 130 valence electrons. The monoisotopic (exact) mass is 354 g/mol. The van der Waals surface area contributed by atoms with Crippen LogP contribution < -0.4 is 4.72 Å². The summed E-state index contributed by atoms with van der Waals surface area (Å²) in [5, 5.41) is 4.04. The van der Waals surface area contributed by atoms with Crippen LogP contribution in [0.5, 0.6) is 0 Å². The Kier molecular flexibility index (Phi) is 5.04. The first-order chi connectivity index (χ1) is 11.5. The molecule has 0 aliphatic carbocycles. The van der Waals surface area contributed by atoms with Crippen LogP contribution in [-0.4, -0.2) is 32.1 Å². The first-order valence-electron chi connectivity index (χ1n) is 7.51. The smallest absolute Gasteiger partial charge is 0.223 e. The first kappa shape index (κ1) is 17.2. The van der Waals surface area contributed by atoms with Gasteiger partial charge in [-0.25, -0.2) is 9.11 Å². The van der Waals surface area contributed by atoms with E-state index in [1.807, 2.05) is 0 Å². The lowest BCUT2D eigenvalue weighted by Gasteiger charge is -2.35. The minimum atomic E-state index is -2.43. The Morgan fingerprint density at radius 2 is 2.17 bits per heavy atom. The van der Waals surface area contributed by atoms with Crippen molar-refractivity contribution in [2.75, 3.05) is 13.2 Å². The molecule has 1 aliphatic heterocycles. The van der Waals surface area contributed by atoms with Crippen molar-refractivity contribution in [2.45, 2.75) is 31.7 Å². The van der Waals surface area contributed by atoms with Gasteiger partial charge in [-0.15, -0.1) is 0 Å². The van der Waals surface area contributed by atoms with E-state index < -0.39 is 22.5 Å². The van der Waals surface area contributed by atoms with E-state index in [1.165, 1.54) is 6.07 Å². The van der Waals surface area contributed by atoms with Crippen LogP contribution in [0.15, 0.2) is 22.7 Å². The molecule has 1 aromatic carbocycles. The summed E-state index contributed by atoms with van der Waals surface area (Å²) in [5.41, 5.74) is 0.440. The van der Waals surface area contributed by atoms with Gasteiger partial charge in [0.05, 0.1) is 5.41 Å². The molecule has 1 saturated heterocycles. The highest BCUT2D eigenvalue weighted by Crippen LogP contribution is 2.40. The molecule has 3 rings (SSSR count). The molecule has 1 N–H and O–H groups in total. The molecule has 1 atom stereocenters. The van der Waals surface area contributed by atoms with E-state index in [0.717, 1.165) is 5.56 Å². The SMILES string of the molecule is Cc1nc(C2(c3ccc(CNS(=O)[O-])c(F)c3)CCOCC2)no1. The normalized spacial score (nSPS) is 18.5. The van der Waals surface area contributed by atoms with Gasteiger partial charge in [-0.2, -0.15) is 4.98 Å². The molecule has 1 aromatic heterocycles. The fraction of sp³-hybridized carbons (Fsp3) is 0.467. The number of ether oxygens (including phenoxy) is 1. The van der Waals surface area contributed by atoms with Crippen LogP contribution in [0.2, 0.25) is 0 Å². The quantitative estimate of drug-likeness (QED) is 0.817. The second-order valence-corrected chi connectivity index (χ2v) is 6.45. The van der Waals surface area contributed by atoms with Crippen molar-refractivity contribution in [1.82, 2.24) is 14.9 Å². The summed E-state index contributed by atoms with van der Waals surface area (Å²) >= 11 is -2.43. The fourth-order valence-electron chi connectivity index (χ4n) is 2.98. The van der Waals surface area contributed by atoms with Crippen molar-refractivity contribution in [3.05, 3.63) is 46.9 Å². The molecule has 1 unspecified atom stereocenters. The third-order valence-electron chi connectivity index (χ3n) is 4.29. The minimum Gasteiger partial charge on any atom is -0.760 e. The molecule has 0 bridgehead atoms. The molecule has 9 heteroatoms. The predicted octanol–water partition coefficient (Wildman–Crippen LogP) is 1.50. The molecule has 24 heavy (non-hydrogen) atoms. The predicted molar refractivity (Wildman–Crippen MR) is 82.0 cm³/mol. The minimum absolute atomic E-state index is 0.0976. The molecule has 0 radical (unpaired) electrons. The second kappa shape index (κ2) is 7.06. The van der Waals surface area contributed by atoms with E-state index >= 15 is 0 Å². The van der Waals surface area contributed by atoms with E-state index in [1.54, 1.807) is 19.1 Å². The van der Waals surface area contributed by atoms with Crippen LogP contribution in [0, 0.1) is 12.7 Å². The lowest BCUT2D eigenvalue weighted by molar-refractivity contribution is 0.0596. The molecule has 0 spiro atoms. The van der Waals surface area contributed by atoms with Crippen molar-refractivity contribution < 1.29 is 22.4 Å². The molecule has 0 saturated carbocycles. The Hall–Kier alpha value is -1.68. The number of nitrogens with zero attached hydrogens (tertiary/aromatic N) is 2. The summed E-state index contributed by atoms with van der Waals surface area (Å²) < 4.78 is 48.2. The van der Waals surface area contributed by atoms with E-state index in [-0.39, 0.29) is 12.1 Å².